The lowest BCUT2D eigenvalue weighted by atomic mass is 10.1. The number of carbonyl (C=O) groups excluding carboxylic acids is 1. The first kappa shape index (κ1) is 21.2. The van der Waals surface area contributed by atoms with Crippen molar-refractivity contribution in [2.45, 2.75) is 13.5 Å². The third-order valence-corrected chi connectivity index (χ3v) is 5.09. The number of amides is 1. The summed E-state index contributed by atoms with van der Waals surface area (Å²) in [7, 11) is 3.40. The zero-order valence-electron chi connectivity index (χ0n) is 18.2. The Morgan fingerprint density at radius 2 is 1.91 bits per heavy atom. The number of rotatable bonds is 7. The fourth-order valence-electron chi connectivity index (χ4n) is 3.58. The summed E-state index contributed by atoms with van der Waals surface area (Å²) in [5.74, 6) is 1.13. The second-order valence-corrected chi connectivity index (χ2v) is 7.27. The van der Waals surface area contributed by atoms with Gasteiger partial charge in [-0.3, -0.25) is 14.2 Å². The topological polar surface area (TPSA) is 87.4 Å². The van der Waals surface area contributed by atoms with Crippen molar-refractivity contribution in [2.75, 3.05) is 19.0 Å². The molecule has 0 fully saturated rings. The van der Waals surface area contributed by atoms with Crippen molar-refractivity contribution >= 4 is 22.6 Å². The van der Waals surface area contributed by atoms with Gasteiger partial charge in [0.15, 0.2) is 0 Å². The molecule has 2 heterocycles. The third kappa shape index (κ3) is 4.20. The van der Waals surface area contributed by atoms with Gasteiger partial charge in [0.1, 0.15) is 29.1 Å². The Balaban J connectivity index is 1.59. The van der Waals surface area contributed by atoms with Crippen LogP contribution in [-0.4, -0.2) is 33.7 Å². The lowest BCUT2D eigenvalue weighted by Gasteiger charge is -2.09. The van der Waals surface area contributed by atoms with E-state index in [4.69, 9.17) is 9.47 Å². The van der Waals surface area contributed by atoms with E-state index in [9.17, 15) is 9.59 Å². The summed E-state index contributed by atoms with van der Waals surface area (Å²) >= 11 is 0. The fourth-order valence-corrected chi connectivity index (χ4v) is 3.58. The molecule has 0 aliphatic rings. The molecular weight excluding hydrogens is 408 g/mol. The van der Waals surface area contributed by atoms with Crippen LogP contribution in [-0.2, 0) is 18.4 Å². The quantitative estimate of drug-likeness (QED) is 0.483. The predicted molar refractivity (Wildman–Crippen MR) is 123 cm³/mol. The van der Waals surface area contributed by atoms with Crippen LogP contribution in [0.5, 0.6) is 11.5 Å². The largest absolute Gasteiger partial charge is 0.497 e. The summed E-state index contributed by atoms with van der Waals surface area (Å²) in [5.41, 5.74) is 3.07. The molecule has 2 aromatic carbocycles. The first-order valence-corrected chi connectivity index (χ1v) is 10.2. The van der Waals surface area contributed by atoms with Crippen LogP contribution in [0.15, 0.2) is 65.8 Å². The number of hydrogen-bond acceptors (Lipinski definition) is 5. The van der Waals surface area contributed by atoms with Gasteiger partial charge in [-0.25, -0.2) is 4.98 Å². The van der Waals surface area contributed by atoms with Gasteiger partial charge in [-0.15, -0.1) is 0 Å². The monoisotopic (exact) mass is 432 g/mol. The van der Waals surface area contributed by atoms with Gasteiger partial charge in [0.2, 0.25) is 5.91 Å². The summed E-state index contributed by atoms with van der Waals surface area (Å²) in [4.78, 5) is 30.1. The maximum atomic E-state index is 13.1. The Morgan fingerprint density at radius 1 is 1.12 bits per heavy atom. The number of aromatic nitrogens is 3. The van der Waals surface area contributed by atoms with Gasteiger partial charge in [-0.05, 0) is 48.9 Å². The molecule has 1 N–H and O–H groups in total. The highest BCUT2D eigenvalue weighted by Crippen LogP contribution is 2.29. The number of aryl methyl sites for hydroxylation is 1. The highest BCUT2D eigenvalue weighted by atomic mass is 16.5. The maximum Gasteiger partial charge on any atom is 0.278 e. The van der Waals surface area contributed by atoms with Crippen molar-refractivity contribution in [1.29, 1.82) is 0 Å². The number of carbonyl (C=O) groups is 1. The van der Waals surface area contributed by atoms with Crippen molar-refractivity contribution in [3.8, 4) is 22.6 Å². The molecule has 1 amide bonds. The van der Waals surface area contributed by atoms with E-state index >= 15 is 0 Å². The summed E-state index contributed by atoms with van der Waals surface area (Å²) in [5, 5.41) is 2.79. The molecule has 0 saturated heterocycles. The van der Waals surface area contributed by atoms with E-state index < -0.39 is 0 Å². The van der Waals surface area contributed by atoms with E-state index in [-0.39, 0.29) is 18.0 Å². The number of anilines is 1. The molecule has 2 aromatic heterocycles. The lowest BCUT2D eigenvalue weighted by molar-refractivity contribution is -0.116. The van der Waals surface area contributed by atoms with Gasteiger partial charge < -0.3 is 19.4 Å². The summed E-state index contributed by atoms with van der Waals surface area (Å²) in [6.45, 7) is 2.34. The minimum absolute atomic E-state index is 0.144. The van der Waals surface area contributed by atoms with E-state index in [0.717, 1.165) is 22.6 Å². The Labute approximate surface area is 185 Å². The summed E-state index contributed by atoms with van der Waals surface area (Å²) in [6, 6.07) is 14.7. The Kier molecular flexibility index (Phi) is 5.93. The molecule has 164 valence electrons. The Hall–Kier alpha value is -4.07. The smallest absolute Gasteiger partial charge is 0.278 e. The molecule has 0 atom stereocenters. The van der Waals surface area contributed by atoms with E-state index in [1.54, 1.807) is 43.0 Å². The van der Waals surface area contributed by atoms with E-state index in [0.29, 0.717) is 23.3 Å². The first-order chi connectivity index (χ1) is 15.5. The fraction of sp³-hybridized carbons (Fsp3) is 0.208. The average Bonchev–Trinajstić information content (AvgIpc) is 3.14. The Morgan fingerprint density at radius 3 is 2.62 bits per heavy atom. The summed E-state index contributed by atoms with van der Waals surface area (Å²) in [6.07, 6.45) is 3.27. The molecule has 0 spiro atoms. The van der Waals surface area contributed by atoms with Crippen LogP contribution in [0.3, 0.4) is 0 Å². The molecule has 8 heteroatoms. The van der Waals surface area contributed by atoms with E-state index in [1.165, 1.54) is 10.9 Å². The van der Waals surface area contributed by atoms with Crippen LogP contribution in [0.4, 0.5) is 5.69 Å². The van der Waals surface area contributed by atoms with Crippen molar-refractivity contribution in [2.24, 2.45) is 7.05 Å². The summed E-state index contributed by atoms with van der Waals surface area (Å²) < 4.78 is 13.7. The van der Waals surface area contributed by atoms with Crippen LogP contribution >= 0.6 is 0 Å². The Bertz CT molecular complexity index is 1320. The minimum atomic E-state index is -0.320. The number of hydrogen-bond donors (Lipinski definition) is 1. The van der Waals surface area contributed by atoms with Gasteiger partial charge in [-0.2, -0.15) is 0 Å². The van der Waals surface area contributed by atoms with Gasteiger partial charge in [0, 0.05) is 24.5 Å². The van der Waals surface area contributed by atoms with E-state index in [1.807, 2.05) is 37.4 Å². The van der Waals surface area contributed by atoms with Crippen molar-refractivity contribution in [3.63, 3.8) is 0 Å². The molecule has 8 nitrogen and oxygen atoms in total. The second-order valence-electron chi connectivity index (χ2n) is 7.27. The number of nitrogens with zero attached hydrogens (tertiary/aromatic N) is 3. The van der Waals surface area contributed by atoms with Gasteiger partial charge in [0.25, 0.3) is 5.56 Å². The van der Waals surface area contributed by atoms with Crippen LogP contribution < -0.4 is 20.3 Å². The molecule has 0 aliphatic carbocycles. The van der Waals surface area contributed by atoms with Crippen LogP contribution in [0.2, 0.25) is 0 Å². The van der Waals surface area contributed by atoms with Crippen LogP contribution in [0.25, 0.3) is 22.2 Å². The zero-order valence-corrected chi connectivity index (χ0v) is 18.2. The number of benzene rings is 2. The van der Waals surface area contributed by atoms with Gasteiger partial charge in [-0.1, -0.05) is 12.1 Å². The normalized spacial score (nSPS) is 10.8. The molecule has 0 radical (unpaired) electrons. The second kappa shape index (κ2) is 8.97. The lowest BCUT2D eigenvalue weighted by Crippen LogP contribution is -2.28. The molecule has 0 saturated carbocycles. The van der Waals surface area contributed by atoms with Crippen molar-refractivity contribution in [1.82, 2.24) is 14.1 Å². The van der Waals surface area contributed by atoms with Crippen molar-refractivity contribution in [3.05, 3.63) is 71.4 Å². The van der Waals surface area contributed by atoms with Gasteiger partial charge in [0.05, 0.1) is 20.0 Å². The minimum Gasteiger partial charge on any atom is -0.497 e. The number of fused-ring (bicyclic) bond motifs is 1. The van der Waals surface area contributed by atoms with Gasteiger partial charge >= 0.3 is 0 Å². The highest BCUT2D eigenvalue weighted by Gasteiger charge is 2.16. The molecular formula is C24H24N4O4. The maximum absolute atomic E-state index is 13.1. The number of methoxy groups -OCH3 is 1. The molecule has 0 aliphatic heterocycles. The molecule has 4 aromatic rings. The number of nitrogens with one attached hydrogen (secondary N) is 1. The standard InChI is InChI=1S/C24H24N4O4/c1-4-32-18-10-8-17(9-11-18)26-21(29)14-28-15-25-22-20(13-27(2)23(22)24(28)30)16-6-5-7-19(12-16)31-3/h5-13,15H,4,14H2,1-3H3,(H,26,29). The highest BCUT2D eigenvalue weighted by molar-refractivity contribution is 5.93. The SMILES string of the molecule is CCOc1ccc(NC(=O)Cn2cnc3c(-c4cccc(OC)c4)cn(C)c3c2=O)cc1. The van der Waals surface area contributed by atoms with Crippen LogP contribution in [0.1, 0.15) is 6.92 Å². The molecule has 0 bridgehead atoms. The van der Waals surface area contributed by atoms with Crippen molar-refractivity contribution < 1.29 is 14.3 Å². The zero-order chi connectivity index (χ0) is 22.7. The predicted octanol–water partition coefficient (Wildman–Crippen LogP) is 3.45. The molecule has 4 rings (SSSR count). The third-order valence-electron chi connectivity index (χ3n) is 5.09. The van der Waals surface area contributed by atoms with E-state index in [2.05, 4.69) is 10.3 Å². The average molecular weight is 432 g/mol. The first-order valence-electron chi connectivity index (χ1n) is 10.2. The molecule has 0 unspecified atom stereocenters. The van der Waals surface area contributed by atoms with Crippen LogP contribution in [0, 0.1) is 0 Å². The molecule has 32 heavy (non-hydrogen) atoms. The number of ether oxygens (including phenoxy) is 2.